The van der Waals surface area contributed by atoms with Gasteiger partial charge in [-0.3, -0.25) is 0 Å². The predicted octanol–water partition coefficient (Wildman–Crippen LogP) is 2.21. The summed E-state index contributed by atoms with van der Waals surface area (Å²) in [4.78, 5) is 2.62. The average molecular weight is 230 g/mol. The lowest BCUT2D eigenvalue weighted by atomic mass is 9.99. The second-order valence-corrected chi connectivity index (χ2v) is 5.84. The molecule has 2 nitrogen and oxygen atoms in total. The topological polar surface area (TPSA) is 29.3 Å². The molecule has 2 N–H and O–H groups in total. The van der Waals surface area contributed by atoms with Gasteiger partial charge < -0.3 is 10.6 Å². The number of hydrogen-bond donors (Lipinski definition) is 1. The zero-order valence-electron chi connectivity index (χ0n) is 10.4. The standard InChI is InChI=1S/C15H22N2/c16-11-15(7-8-15)12-17-9-6-14(10-17)13-4-2-1-3-5-13/h1-5,14H,6-12,16H2. The lowest BCUT2D eigenvalue weighted by Crippen LogP contribution is -2.32. The molecule has 3 rings (SSSR count). The van der Waals surface area contributed by atoms with Crippen LogP contribution in [0.5, 0.6) is 0 Å². The van der Waals surface area contributed by atoms with Crippen molar-refractivity contribution in [2.24, 2.45) is 11.1 Å². The second kappa shape index (κ2) is 4.43. The van der Waals surface area contributed by atoms with E-state index in [-0.39, 0.29) is 0 Å². The maximum atomic E-state index is 5.87. The zero-order valence-corrected chi connectivity index (χ0v) is 10.4. The van der Waals surface area contributed by atoms with Gasteiger partial charge in [0, 0.05) is 13.1 Å². The van der Waals surface area contributed by atoms with E-state index in [2.05, 4.69) is 35.2 Å². The molecule has 1 heterocycles. The highest BCUT2D eigenvalue weighted by Crippen LogP contribution is 2.46. The van der Waals surface area contributed by atoms with Crippen molar-refractivity contribution < 1.29 is 0 Å². The minimum atomic E-state index is 0.492. The van der Waals surface area contributed by atoms with E-state index in [1.807, 2.05) is 0 Å². The van der Waals surface area contributed by atoms with Gasteiger partial charge in [0.25, 0.3) is 0 Å². The Morgan fingerprint density at radius 3 is 2.65 bits per heavy atom. The van der Waals surface area contributed by atoms with Crippen LogP contribution in [0.3, 0.4) is 0 Å². The molecule has 2 fully saturated rings. The van der Waals surface area contributed by atoms with Crippen molar-refractivity contribution in [2.75, 3.05) is 26.2 Å². The highest BCUT2D eigenvalue weighted by Gasteiger charge is 2.43. The molecule has 1 aliphatic carbocycles. The van der Waals surface area contributed by atoms with Gasteiger partial charge in [0.1, 0.15) is 0 Å². The fourth-order valence-corrected chi connectivity index (χ4v) is 3.05. The fraction of sp³-hybridized carbons (Fsp3) is 0.600. The molecular formula is C15H22N2. The third-order valence-electron chi connectivity index (χ3n) is 4.49. The maximum Gasteiger partial charge on any atom is 0.00510 e. The normalized spacial score (nSPS) is 27.2. The summed E-state index contributed by atoms with van der Waals surface area (Å²) in [6.45, 7) is 4.58. The lowest BCUT2D eigenvalue weighted by molar-refractivity contribution is 0.265. The fourth-order valence-electron chi connectivity index (χ4n) is 3.05. The Labute approximate surface area is 104 Å². The Morgan fingerprint density at radius 1 is 1.24 bits per heavy atom. The highest BCUT2D eigenvalue weighted by atomic mass is 15.2. The van der Waals surface area contributed by atoms with Crippen molar-refractivity contribution in [2.45, 2.75) is 25.2 Å². The molecule has 2 aliphatic rings. The maximum absolute atomic E-state index is 5.87. The van der Waals surface area contributed by atoms with Crippen molar-refractivity contribution in [1.82, 2.24) is 4.90 Å². The first-order valence-corrected chi connectivity index (χ1v) is 6.79. The summed E-state index contributed by atoms with van der Waals surface area (Å²) in [6.07, 6.45) is 4.00. The van der Waals surface area contributed by atoms with Crippen LogP contribution in [-0.4, -0.2) is 31.1 Å². The zero-order chi connectivity index (χ0) is 11.7. The van der Waals surface area contributed by atoms with E-state index >= 15 is 0 Å². The van der Waals surface area contributed by atoms with Crippen LogP contribution in [0.2, 0.25) is 0 Å². The monoisotopic (exact) mass is 230 g/mol. The molecule has 1 aliphatic heterocycles. The summed E-state index contributed by atoms with van der Waals surface area (Å²) in [5, 5.41) is 0. The summed E-state index contributed by atoms with van der Waals surface area (Å²) in [5.74, 6) is 0.741. The number of rotatable bonds is 4. The van der Waals surface area contributed by atoms with Gasteiger partial charge in [-0.2, -0.15) is 0 Å². The Bertz CT molecular complexity index is 370. The van der Waals surface area contributed by atoms with E-state index in [0.29, 0.717) is 5.41 Å². The van der Waals surface area contributed by atoms with Gasteiger partial charge in [0.2, 0.25) is 0 Å². The molecule has 1 aromatic carbocycles. The van der Waals surface area contributed by atoms with Crippen molar-refractivity contribution >= 4 is 0 Å². The number of nitrogens with two attached hydrogens (primary N) is 1. The van der Waals surface area contributed by atoms with Gasteiger partial charge in [0.05, 0.1) is 0 Å². The molecule has 92 valence electrons. The van der Waals surface area contributed by atoms with Crippen LogP contribution >= 0.6 is 0 Å². The molecule has 1 atom stereocenters. The summed E-state index contributed by atoms with van der Waals surface area (Å²) in [7, 11) is 0. The molecule has 17 heavy (non-hydrogen) atoms. The first-order chi connectivity index (χ1) is 8.31. The van der Waals surface area contributed by atoms with E-state index in [0.717, 1.165) is 12.5 Å². The molecule has 2 heteroatoms. The van der Waals surface area contributed by atoms with Gasteiger partial charge in [-0.05, 0) is 49.2 Å². The van der Waals surface area contributed by atoms with Crippen LogP contribution < -0.4 is 5.73 Å². The van der Waals surface area contributed by atoms with E-state index in [1.54, 1.807) is 0 Å². The van der Waals surface area contributed by atoms with Crippen LogP contribution in [0.15, 0.2) is 30.3 Å². The van der Waals surface area contributed by atoms with Gasteiger partial charge in [-0.25, -0.2) is 0 Å². The minimum Gasteiger partial charge on any atom is -0.330 e. The van der Waals surface area contributed by atoms with Crippen LogP contribution in [0, 0.1) is 5.41 Å². The molecule has 0 bridgehead atoms. The van der Waals surface area contributed by atoms with Crippen molar-refractivity contribution in [3.63, 3.8) is 0 Å². The Kier molecular flexibility index (Phi) is 2.93. The SMILES string of the molecule is NCC1(CN2CCC(c3ccccc3)C2)CC1. The van der Waals surface area contributed by atoms with Crippen LogP contribution in [-0.2, 0) is 0 Å². The molecule has 0 spiro atoms. The molecule has 1 saturated heterocycles. The van der Waals surface area contributed by atoms with Gasteiger partial charge in [-0.15, -0.1) is 0 Å². The van der Waals surface area contributed by atoms with Crippen LogP contribution in [0.4, 0.5) is 0 Å². The van der Waals surface area contributed by atoms with Gasteiger partial charge in [0.15, 0.2) is 0 Å². The van der Waals surface area contributed by atoms with Crippen LogP contribution in [0.25, 0.3) is 0 Å². The Balaban J connectivity index is 1.59. The summed E-state index contributed by atoms with van der Waals surface area (Å²) in [6, 6.07) is 10.9. The largest absolute Gasteiger partial charge is 0.330 e. The second-order valence-electron chi connectivity index (χ2n) is 5.84. The van der Waals surface area contributed by atoms with Crippen molar-refractivity contribution in [3.8, 4) is 0 Å². The third kappa shape index (κ3) is 2.38. The highest BCUT2D eigenvalue weighted by molar-refractivity contribution is 5.21. The first kappa shape index (κ1) is 11.2. The Hall–Kier alpha value is -0.860. The quantitative estimate of drug-likeness (QED) is 0.859. The average Bonchev–Trinajstić information content (AvgIpc) is 3.00. The molecule has 1 saturated carbocycles. The van der Waals surface area contributed by atoms with E-state index in [4.69, 9.17) is 5.73 Å². The Morgan fingerprint density at radius 2 is 2.00 bits per heavy atom. The summed E-state index contributed by atoms with van der Waals surface area (Å²) >= 11 is 0. The summed E-state index contributed by atoms with van der Waals surface area (Å²) in [5.41, 5.74) is 7.86. The van der Waals surface area contributed by atoms with Crippen molar-refractivity contribution in [1.29, 1.82) is 0 Å². The third-order valence-corrected chi connectivity index (χ3v) is 4.49. The molecule has 1 aromatic rings. The smallest absolute Gasteiger partial charge is 0.00510 e. The van der Waals surface area contributed by atoms with Gasteiger partial charge in [-0.1, -0.05) is 30.3 Å². The first-order valence-electron chi connectivity index (χ1n) is 6.79. The van der Waals surface area contributed by atoms with Crippen LogP contribution in [0.1, 0.15) is 30.7 Å². The summed E-state index contributed by atoms with van der Waals surface area (Å²) < 4.78 is 0. The lowest BCUT2D eigenvalue weighted by Gasteiger charge is -2.22. The molecule has 0 amide bonds. The molecule has 0 aromatic heterocycles. The number of nitrogens with zero attached hydrogens (tertiary/aromatic N) is 1. The molecule has 1 unspecified atom stereocenters. The van der Waals surface area contributed by atoms with E-state index < -0.39 is 0 Å². The molecular weight excluding hydrogens is 208 g/mol. The van der Waals surface area contributed by atoms with E-state index in [1.165, 1.54) is 44.5 Å². The minimum absolute atomic E-state index is 0.492. The molecule has 0 radical (unpaired) electrons. The number of hydrogen-bond acceptors (Lipinski definition) is 2. The number of likely N-dealkylation sites (tertiary alicyclic amines) is 1. The predicted molar refractivity (Wildman–Crippen MR) is 71.0 cm³/mol. The van der Waals surface area contributed by atoms with Gasteiger partial charge >= 0.3 is 0 Å². The van der Waals surface area contributed by atoms with E-state index in [9.17, 15) is 0 Å². The van der Waals surface area contributed by atoms with Crippen molar-refractivity contribution in [3.05, 3.63) is 35.9 Å². The number of benzene rings is 1.